The number of piperidine rings is 1. The van der Waals surface area contributed by atoms with Crippen LogP contribution in [0.15, 0.2) is 30.3 Å². The zero-order valence-electron chi connectivity index (χ0n) is 17.0. The van der Waals surface area contributed by atoms with Crippen molar-refractivity contribution in [3.8, 4) is 0 Å². The van der Waals surface area contributed by atoms with Crippen LogP contribution >= 0.6 is 0 Å². The van der Waals surface area contributed by atoms with Crippen molar-refractivity contribution in [2.75, 3.05) is 24.6 Å². The number of anilines is 1. The lowest BCUT2D eigenvalue weighted by atomic mass is 9.85. The van der Waals surface area contributed by atoms with Gasteiger partial charge >= 0.3 is 6.09 Å². The lowest BCUT2D eigenvalue weighted by Gasteiger charge is -2.45. The van der Waals surface area contributed by atoms with Crippen molar-refractivity contribution in [3.63, 3.8) is 0 Å². The number of nitrogens with one attached hydrogen (secondary N) is 1. The summed E-state index contributed by atoms with van der Waals surface area (Å²) in [7, 11) is 0. The van der Waals surface area contributed by atoms with Crippen LogP contribution in [-0.4, -0.2) is 59.0 Å². The summed E-state index contributed by atoms with van der Waals surface area (Å²) in [6.07, 6.45) is 1.90. The van der Waals surface area contributed by atoms with Crippen molar-refractivity contribution in [1.82, 2.24) is 10.2 Å². The summed E-state index contributed by atoms with van der Waals surface area (Å²) in [5, 5.41) is 12.4. The van der Waals surface area contributed by atoms with Crippen LogP contribution in [0.1, 0.15) is 46.5 Å². The maximum Gasteiger partial charge on any atom is 0.410 e. The van der Waals surface area contributed by atoms with Gasteiger partial charge < -0.3 is 25.0 Å². The summed E-state index contributed by atoms with van der Waals surface area (Å²) >= 11 is 0. The Kier molecular flexibility index (Phi) is 5.84. The average molecular weight is 389 g/mol. The number of aliphatic hydroxyl groups is 1. The molecule has 154 valence electrons. The van der Waals surface area contributed by atoms with Crippen molar-refractivity contribution in [1.29, 1.82) is 0 Å². The molecule has 0 saturated carbocycles. The fourth-order valence-corrected chi connectivity index (χ4v) is 4.11. The van der Waals surface area contributed by atoms with Gasteiger partial charge in [-0.15, -0.1) is 0 Å². The molecule has 3 rings (SSSR count). The number of hydrogen-bond acceptors (Lipinski definition) is 5. The van der Waals surface area contributed by atoms with E-state index in [1.54, 1.807) is 4.90 Å². The van der Waals surface area contributed by atoms with Crippen molar-refractivity contribution < 1.29 is 19.4 Å². The minimum absolute atomic E-state index is 0.00290. The number of carbonyl (C=O) groups is 2. The van der Waals surface area contributed by atoms with Gasteiger partial charge in [-0.3, -0.25) is 4.79 Å². The molecule has 1 unspecified atom stereocenters. The second-order valence-electron chi connectivity index (χ2n) is 8.56. The van der Waals surface area contributed by atoms with Gasteiger partial charge in [-0.05, 0) is 58.6 Å². The number of hydrogen-bond donors (Lipinski definition) is 2. The van der Waals surface area contributed by atoms with Crippen LogP contribution < -0.4 is 10.2 Å². The van der Waals surface area contributed by atoms with E-state index >= 15 is 0 Å². The second-order valence-corrected chi connectivity index (χ2v) is 8.56. The SMILES string of the molecule is CC(C)(C)OC(=O)N1CCC2(CC1)C(=O)NC(CCCO)N2c1ccccc1. The molecule has 7 nitrogen and oxygen atoms in total. The maximum absolute atomic E-state index is 13.1. The Morgan fingerprint density at radius 1 is 1.25 bits per heavy atom. The molecular weight excluding hydrogens is 358 g/mol. The molecule has 7 heteroatoms. The van der Waals surface area contributed by atoms with E-state index < -0.39 is 11.1 Å². The average Bonchev–Trinajstić information content (AvgIpc) is 2.91. The van der Waals surface area contributed by atoms with Crippen LogP contribution in [0.5, 0.6) is 0 Å². The number of ether oxygens (including phenoxy) is 1. The van der Waals surface area contributed by atoms with E-state index in [0.29, 0.717) is 38.8 Å². The number of likely N-dealkylation sites (tertiary alicyclic amines) is 1. The smallest absolute Gasteiger partial charge is 0.410 e. The topological polar surface area (TPSA) is 82.1 Å². The first-order valence-corrected chi connectivity index (χ1v) is 10.0. The molecule has 0 aromatic heterocycles. The normalized spacial score (nSPS) is 21.7. The van der Waals surface area contributed by atoms with E-state index in [4.69, 9.17) is 4.74 Å². The van der Waals surface area contributed by atoms with Gasteiger partial charge in [0, 0.05) is 25.4 Å². The lowest BCUT2D eigenvalue weighted by molar-refractivity contribution is -0.125. The second kappa shape index (κ2) is 7.99. The number of nitrogens with zero attached hydrogens (tertiary/aromatic N) is 2. The summed E-state index contributed by atoms with van der Waals surface area (Å²) in [6, 6.07) is 9.90. The highest BCUT2D eigenvalue weighted by molar-refractivity contribution is 5.94. The molecule has 0 bridgehead atoms. The number of rotatable bonds is 4. The number of amides is 2. The van der Waals surface area contributed by atoms with Gasteiger partial charge in [0.2, 0.25) is 5.91 Å². The minimum Gasteiger partial charge on any atom is -0.444 e. The predicted molar refractivity (Wildman–Crippen MR) is 107 cm³/mol. The zero-order chi connectivity index (χ0) is 20.4. The predicted octanol–water partition coefficient (Wildman–Crippen LogP) is 2.49. The lowest BCUT2D eigenvalue weighted by Crippen LogP contribution is -2.58. The third-order valence-corrected chi connectivity index (χ3v) is 5.41. The third kappa shape index (κ3) is 4.09. The molecule has 2 saturated heterocycles. The van der Waals surface area contributed by atoms with Gasteiger partial charge in [-0.1, -0.05) is 18.2 Å². The maximum atomic E-state index is 13.1. The molecule has 28 heavy (non-hydrogen) atoms. The van der Waals surface area contributed by atoms with E-state index in [-0.39, 0.29) is 24.8 Å². The largest absolute Gasteiger partial charge is 0.444 e. The summed E-state index contributed by atoms with van der Waals surface area (Å²) in [6.45, 7) is 6.59. The molecule has 2 aliphatic heterocycles. The summed E-state index contributed by atoms with van der Waals surface area (Å²) in [4.78, 5) is 29.3. The molecule has 2 heterocycles. The van der Waals surface area contributed by atoms with Crippen molar-refractivity contribution in [2.45, 2.75) is 63.8 Å². The Morgan fingerprint density at radius 3 is 2.46 bits per heavy atom. The van der Waals surface area contributed by atoms with E-state index in [9.17, 15) is 14.7 Å². The summed E-state index contributed by atoms with van der Waals surface area (Å²) < 4.78 is 5.49. The Hall–Kier alpha value is -2.28. The van der Waals surface area contributed by atoms with Gasteiger partial charge in [0.1, 0.15) is 17.3 Å². The summed E-state index contributed by atoms with van der Waals surface area (Å²) in [5.74, 6) is 0.00290. The summed E-state index contributed by atoms with van der Waals surface area (Å²) in [5.41, 5.74) is -0.239. The monoisotopic (exact) mass is 389 g/mol. The van der Waals surface area contributed by atoms with E-state index in [1.165, 1.54) is 0 Å². The van der Waals surface area contributed by atoms with Crippen LogP contribution in [0.4, 0.5) is 10.5 Å². The van der Waals surface area contributed by atoms with Crippen LogP contribution in [0.2, 0.25) is 0 Å². The Labute approximate surface area is 166 Å². The fourth-order valence-electron chi connectivity index (χ4n) is 4.11. The van der Waals surface area contributed by atoms with Gasteiger partial charge in [-0.2, -0.15) is 0 Å². The van der Waals surface area contributed by atoms with E-state index in [2.05, 4.69) is 10.2 Å². The molecule has 1 atom stereocenters. The molecule has 2 N–H and O–H groups in total. The van der Waals surface area contributed by atoms with Crippen LogP contribution in [0.3, 0.4) is 0 Å². The number of benzene rings is 1. The van der Waals surface area contributed by atoms with Crippen molar-refractivity contribution in [2.24, 2.45) is 0 Å². The first-order chi connectivity index (χ1) is 13.3. The standard InChI is InChI=1S/C21H31N3O4/c1-20(2,3)28-19(27)23-13-11-21(12-14-23)18(26)22-17(10-7-15-25)24(21)16-8-5-4-6-9-16/h4-6,8-9,17,25H,7,10-15H2,1-3H3,(H,22,26). The molecule has 1 aromatic carbocycles. The van der Waals surface area contributed by atoms with Crippen LogP contribution in [0, 0.1) is 0 Å². The molecule has 2 amide bonds. The molecule has 1 spiro atoms. The van der Waals surface area contributed by atoms with E-state index in [0.717, 1.165) is 5.69 Å². The van der Waals surface area contributed by atoms with Crippen molar-refractivity contribution >= 4 is 17.7 Å². The zero-order valence-corrected chi connectivity index (χ0v) is 17.0. The number of aliphatic hydroxyl groups excluding tert-OH is 1. The van der Waals surface area contributed by atoms with Crippen LogP contribution in [-0.2, 0) is 9.53 Å². The molecule has 0 aliphatic carbocycles. The third-order valence-electron chi connectivity index (χ3n) is 5.41. The minimum atomic E-state index is -0.681. The molecule has 0 radical (unpaired) electrons. The van der Waals surface area contributed by atoms with Crippen molar-refractivity contribution in [3.05, 3.63) is 30.3 Å². The Bertz CT molecular complexity index is 693. The number of para-hydroxylation sites is 1. The number of carbonyl (C=O) groups excluding carboxylic acids is 2. The fraction of sp³-hybridized carbons (Fsp3) is 0.619. The van der Waals surface area contributed by atoms with Gasteiger partial charge in [0.25, 0.3) is 0 Å². The highest BCUT2D eigenvalue weighted by Crippen LogP contribution is 2.39. The van der Waals surface area contributed by atoms with Gasteiger partial charge in [-0.25, -0.2) is 4.79 Å². The highest BCUT2D eigenvalue weighted by Gasteiger charge is 2.54. The van der Waals surface area contributed by atoms with Gasteiger partial charge in [0.05, 0.1) is 0 Å². The molecule has 2 fully saturated rings. The van der Waals surface area contributed by atoms with Gasteiger partial charge in [0.15, 0.2) is 0 Å². The first kappa shape index (κ1) is 20.5. The Morgan fingerprint density at radius 2 is 1.89 bits per heavy atom. The van der Waals surface area contributed by atoms with Crippen LogP contribution in [0.25, 0.3) is 0 Å². The molecule has 2 aliphatic rings. The molecule has 1 aromatic rings. The first-order valence-electron chi connectivity index (χ1n) is 10.0. The molecular formula is C21H31N3O4. The quantitative estimate of drug-likeness (QED) is 0.827. The van der Waals surface area contributed by atoms with E-state index in [1.807, 2.05) is 51.1 Å². The Balaban J connectivity index is 1.81. The highest BCUT2D eigenvalue weighted by atomic mass is 16.6.